The molecule has 4 aromatic rings. The molecule has 7 nitrogen and oxygen atoms in total. The summed E-state index contributed by atoms with van der Waals surface area (Å²) in [6.45, 7) is 1.30. The lowest BCUT2D eigenvalue weighted by Crippen LogP contribution is -2.47. The molecule has 0 spiro atoms. The number of carboxylic acids is 1. The molecule has 0 atom stereocenters. The molecule has 5 rings (SSSR count). The summed E-state index contributed by atoms with van der Waals surface area (Å²) in [5.74, 6) is -1.93. The first-order valence-electron chi connectivity index (χ1n) is 11.1. The topological polar surface area (TPSA) is 78.7 Å². The molecule has 3 heterocycles. The van der Waals surface area contributed by atoms with Crippen LogP contribution < -0.4 is 15.2 Å². The number of pyridine rings is 2. The summed E-state index contributed by atoms with van der Waals surface area (Å²) in [6.07, 6.45) is -1.82. The second-order valence-electron chi connectivity index (χ2n) is 8.62. The summed E-state index contributed by atoms with van der Waals surface area (Å²) in [4.78, 5) is 32.5. The summed E-state index contributed by atoms with van der Waals surface area (Å²) < 4.78 is 55.9. The van der Waals surface area contributed by atoms with E-state index in [9.17, 15) is 27.9 Å². The highest BCUT2D eigenvalue weighted by atomic mass is 19.4. The lowest BCUT2D eigenvalue weighted by atomic mass is 10.0. The molecule has 186 valence electrons. The van der Waals surface area contributed by atoms with Crippen molar-refractivity contribution in [3.8, 4) is 0 Å². The number of aryl methyl sites for hydroxylation is 1. The lowest BCUT2D eigenvalue weighted by molar-refractivity contribution is -0.137. The molecule has 0 radical (unpaired) electrons. The van der Waals surface area contributed by atoms with Gasteiger partial charge in [0.25, 0.3) is 0 Å². The Labute approximate surface area is 201 Å². The van der Waals surface area contributed by atoms with Crippen molar-refractivity contribution in [2.75, 3.05) is 36.0 Å². The number of benzene rings is 2. The predicted octanol–water partition coefficient (Wildman–Crippen LogP) is 4.27. The first-order valence-corrected chi connectivity index (χ1v) is 11.1. The summed E-state index contributed by atoms with van der Waals surface area (Å²) in [7, 11) is 1.60. The largest absolute Gasteiger partial charge is 0.477 e. The number of alkyl halides is 3. The number of aromatic carboxylic acids is 1. The van der Waals surface area contributed by atoms with Gasteiger partial charge < -0.3 is 19.5 Å². The smallest absolute Gasteiger partial charge is 0.416 e. The van der Waals surface area contributed by atoms with E-state index in [1.165, 1.54) is 35.2 Å². The van der Waals surface area contributed by atoms with Crippen LogP contribution in [-0.2, 0) is 13.2 Å². The summed E-state index contributed by atoms with van der Waals surface area (Å²) in [5, 5.41) is 9.90. The third-order valence-corrected chi connectivity index (χ3v) is 6.48. The normalized spacial score (nSPS) is 14.6. The van der Waals surface area contributed by atoms with Gasteiger partial charge in [0.05, 0.1) is 33.9 Å². The highest BCUT2D eigenvalue weighted by Gasteiger charge is 2.31. The quantitative estimate of drug-likeness (QED) is 0.335. The highest BCUT2D eigenvalue weighted by Crippen LogP contribution is 2.34. The molecule has 1 saturated heterocycles. The maximum Gasteiger partial charge on any atom is 0.416 e. The first kappa shape index (κ1) is 23.6. The number of rotatable bonds is 3. The third-order valence-electron chi connectivity index (χ3n) is 6.48. The standard InChI is InChI=1S/C25H20F4N4O3/c1-31-13-17(24(35)36)23(34)20-16-5-6-18(26)22(21(16)30-12-19(20)31)33-9-7-32(8-10-33)15-4-2-3-14(11-15)25(27,28)29/h2-6,11-13H,7-10H2,1H3,(H,35,36). The van der Waals surface area contributed by atoms with E-state index >= 15 is 4.39 Å². The number of hydrogen-bond acceptors (Lipinski definition) is 5. The molecule has 1 fully saturated rings. The minimum atomic E-state index is -4.45. The van der Waals surface area contributed by atoms with Gasteiger partial charge >= 0.3 is 12.1 Å². The van der Waals surface area contributed by atoms with Gasteiger partial charge in [0.2, 0.25) is 5.43 Å². The fraction of sp³-hybridized carbons (Fsp3) is 0.240. The van der Waals surface area contributed by atoms with Crippen molar-refractivity contribution in [3.05, 3.63) is 76.0 Å². The van der Waals surface area contributed by atoms with Crippen molar-refractivity contribution < 1.29 is 27.5 Å². The Balaban J connectivity index is 1.53. The van der Waals surface area contributed by atoms with Crippen molar-refractivity contribution >= 4 is 39.1 Å². The molecule has 36 heavy (non-hydrogen) atoms. The number of fused-ring (bicyclic) bond motifs is 3. The molecule has 1 N–H and O–H groups in total. The van der Waals surface area contributed by atoms with Gasteiger partial charge in [-0.3, -0.25) is 9.78 Å². The van der Waals surface area contributed by atoms with E-state index in [4.69, 9.17) is 0 Å². The van der Waals surface area contributed by atoms with Crippen molar-refractivity contribution in [1.82, 2.24) is 9.55 Å². The number of carboxylic acid groups (broad SMARTS) is 1. The predicted molar refractivity (Wildman–Crippen MR) is 127 cm³/mol. The number of aromatic nitrogens is 2. The molecule has 11 heteroatoms. The Morgan fingerprint density at radius 3 is 2.42 bits per heavy atom. The molecule has 0 saturated carbocycles. The number of nitrogens with zero attached hydrogens (tertiary/aromatic N) is 4. The Hall–Kier alpha value is -4.15. The van der Waals surface area contributed by atoms with E-state index in [1.54, 1.807) is 22.9 Å². The fourth-order valence-corrected chi connectivity index (χ4v) is 4.70. The van der Waals surface area contributed by atoms with Crippen LogP contribution in [-0.4, -0.2) is 46.8 Å². The molecular formula is C25H20F4N4O3. The van der Waals surface area contributed by atoms with Gasteiger partial charge in [0.15, 0.2) is 0 Å². The maximum atomic E-state index is 15.1. The van der Waals surface area contributed by atoms with Crippen LogP contribution in [0.25, 0.3) is 21.8 Å². The fourth-order valence-electron chi connectivity index (χ4n) is 4.70. The van der Waals surface area contributed by atoms with Crippen molar-refractivity contribution in [1.29, 1.82) is 0 Å². The van der Waals surface area contributed by atoms with Crippen LogP contribution in [0.4, 0.5) is 28.9 Å². The van der Waals surface area contributed by atoms with E-state index in [1.807, 2.05) is 0 Å². The average molecular weight is 500 g/mol. The van der Waals surface area contributed by atoms with Crippen LogP contribution in [0, 0.1) is 5.82 Å². The summed E-state index contributed by atoms with van der Waals surface area (Å²) in [6, 6.07) is 7.70. The molecule has 1 aliphatic rings. The Morgan fingerprint density at radius 2 is 1.75 bits per heavy atom. The monoisotopic (exact) mass is 500 g/mol. The highest BCUT2D eigenvalue weighted by molar-refractivity contribution is 6.09. The van der Waals surface area contributed by atoms with Gasteiger partial charge in [-0.25, -0.2) is 9.18 Å². The van der Waals surface area contributed by atoms with Gasteiger partial charge in [-0.05, 0) is 30.3 Å². The van der Waals surface area contributed by atoms with E-state index in [-0.39, 0.29) is 16.6 Å². The molecule has 0 amide bonds. The van der Waals surface area contributed by atoms with Crippen LogP contribution in [0.3, 0.4) is 0 Å². The molecule has 0 aliphatic carbocycles. The molecular weight excluding hydrogens is 480 g/mol. The summed E-state index contributed by atoms with van der Waals surface area (Å²) in [5.41, 5.74) is -0.606. The van der Waals surface area contributed by atoms with Crippen molar-refractivity contribution in [3.63, 3.8) is 0 Å². The van der Waals surface area contributed by atoms with Crippen molar-refractivity contribution in [2.24, 2.45) is 7.05 Å². The number of halogens is 4. The number of hydrogen-bond donors (Lipinski definition) is 1. The van der Waals surface area contributed by atoms with Crippen LogP contribution in [0.5, 0.6) is 0 Å². The van der Waals surface area contributed by atoms with Gasteiger partial charge in [-0.2, -0.15) is 13.2 Å². The zero-order valence-electron chi connectivity index (χ0n) is 19.0. The Morgan fingerprint density at radius 1 is 1.06 bits per heavy atom. The first-order chi connectivity index (χ1) is 17.1. The third kappa shape index (κ3) is 3.90. The van der Waals surface area contributed by atoms with E-state index in [0.717, 1.165) is 12.1 Å². The van der Waals surface area contributed by atoms with Crippen LogP contribution in [0.2, 0.25) is 0 Å². The van der Waals surface area contributed by atoms with Gasteiger partial charge in [-0.1, -0.05) is 6.07 Å². The maximum absolute atomic E-state index is 15.1. The van der Waals surface area contributed by atoms with Gasteiger partial charge in [0, 0.05) is 50.5 Å². The van der Waals surface area contributed by atoms with Crippen LogP contribution in [0.15, 0.2) is 53.6 Å². The minimum Gasteiger partial charge on any atom is -0.477 e. The number of anilines is 2. The Bertz CT molecular complexity index is 1570. The average Bonchev–Trinajstić information content (AvgIpc) is 2.85. The van der Waals surface area contributed by atoms with E-state index in [2.05, 4.69) is 4.98 Å². The van der Waals surface area contributed by atoms with Gasteiger partial charge in [0.1, 0.15) is 11.4 Å². The minimum absolute atomic E-state index is 0.131. The van der Waals surface area contributed by atoms with Crippen LogP contribution in [0.1, 0.15) is 15.9 Å². The number of carbonyl (C=O) groups is 1. The molecule has 2 aromatic heterocycles. The summed E-state index contributed by atoms with van der Waals surface area (Å²) >= 11 is 0. The second-order valence-corrected chi connectivity index (χ2v) is 8.62. The molecule has 1 aliphatic heterocycles. The lowest BCUT2D eigenvalue weighted by Gasteiger charge is -2.38. The van der Waals surface area contributed by atoms with Crippen molar-refractivity contribution in [2.45, 2.75) is 6.18 Å². The molecule has 2 aromatic carbocycles. The van der Waals surface area contributed by atoms with E-state index < -0.39 is 34.5 Å². The SMILES string of the molecule is Cn1cc(C(=O)O)c(=O)c2c3ccc(F)c(N4CCN(c5cccc(C(F)(F)F)c5)CC4)c3ncc21. The Kier molecular flexibility index (Phi) is 5.57. The molecule has 0 bridgehead atoms. The van der Waals surface area contributed by atoms with E-state index in [0.29, 0.717) is 42.8 Å². The zero-order valence-corrected chi connectivity index (χ0v) is 19.0. The second kappa shape index (κ2) is 8.51. The van der Waals surface area contributed by atoms with Crippen LogP contribution >= 0.6 is 0 Å². The number of piperazine rings is 1. The van der Waals surface area contributed by atoms with Gasteiger partial charge in [-0.15, -0.1) is 0 Å². The zero-order chi connectivity index (χ0) is 25.8. The molecule has 0 unspecified atom stereocenters.